The van der Waals surface area contributed by atoms with Gasteiger partial charge >= 0.3 is 5.97 Å². The normalized spacial score (nSPS) is 20.1. The van der Waals surface area contributed by atoms with E-state index in [1.165, 1.54) is 9.71 Å². The van der Waals surface area contributed by atoms with E-state index >= 15 is 0 Å². The van der Waals surface area contributed by atoms with Crippen molar-refractivity contribution >= 4 is 22.1 Å². The zero-order valence-corrected chi connectivity index (χ0v) is 13.5. The van der Waals surface area contributed by atoms with Crippen LogP contribution in [0.3, 0.4) is 0 Å². The molecule has 6 heteroatoms. The minimum absolute atomic E-state index is 0.195. The van der Waals surface area contributed by atoms with Gasteiger partial charge in [0.15, 0.2) is 0 Å². The average molecular weight is 323 g/mol. The molecule has 5 nitrogen and oxygen atoms in total. The van der Waals surface area contributed by atoms with Crippen molar-refractivity contribution in [2.75, 3.05) is 19.7 Å². The molecule has 1 aliphatic rings. The fourth-order valence-corrected chi connectivity index (χ4v) is 3.71. The van der Waals surface area contributed by atoms with E-state index in [1.54, 1.807) is 13.0 Å². The van der Waals surface area contributed by atoms with Crippen LogP contribution in [0.2, 0.25) is 0 Å². The van der Waals surface area contributed by atoms with Crippen LogP contribution >= 0.6 is 0 Å². The van der Waals surface area contributed by atoms with E-state index in [9.17, 15) is 13.2 Å². The lowest BCUT2D eigenvalue weighted by Crippen LogP contribution is -2.41. The van der Waals surface area contributed by atoms with Gasteiger partial charge in [-0.1, -0.05) is 30.3 Å². The Bertz CT molecular complexity index is 625. The van der Waals surface area contributed by atoms with Gasteiger partial charge in [0.1, 0.15) is 0 Å². The largest absolute Gasteiger partial charge is 0.466 e. The van der Waals surface area contributed by atoms with Gasteiger partial charge in [-0.2, -0.15) is 4.31 Å². The third-order valence-electron chi connectivity index (χ3n) is 3.60. The molecule has 0 radical (unpaired) electrons. The van der Waals surface area contributed by atoms with Crippen LogP contribution < -0.4 is 0 Å². The predicted molar refractivity (Wildman–Crippen MR) is 85.3 cm³/mol. The first-order valence-electron chi connectivity index (χ1n) is 7.43. The molecule has 2 rings (SSSR count). The first-order valence-corrected chi connectivity index (χ1v) is 8.93. The fourth-order valence-electron chi connectivity index (χ4n) is 2.44. The van der Waals surface area contributed by atoms with Gasteiger partial charge in [0.25, 0.3) is 0 Å². The van der Waals surface area contributed by atoms with Gasteiger partial charge in [0.2, 0.25) is 10.0 Å². The number of piperidine rings is 1. The molecule has 1 aliphatic heterocycles. The van der Waals surface area contributed by atoms with Gasteiger partial charge in [-0.3, -0.25) is 4.79 Å². The van der Waals surface area contributed by atoms with E-state index in [-0.39, 0.29) is 18.4 Å². The van der Waals surface area contributed by atoms with E-state index < -0.39 is 10.0 Å². The Morgan fingerprint density at radius 2 is 2.09 bits per heavy atom. The number of carbonyl (C=O) groups is 1. The molecular formula is C16H21NO4S. The molecule has 0 unspecified atom stereocenters. The summed E-state index contributed by atoms with van der Waals surface area (Å²) in [5.74, 6) is -0.678. The van der Waals surface area contributed by atoms with Crippen LogP contribution in [0.5, 0.6) is 0 Å². The Morgan fingerprint density at radius 1 is 1.36 bits per heavy atom. The van der Waals surface area contributed by atoms with Crippen molar-refractivity contribution in [1.82, 2.24) is 4.31 Å². The van der Waals surface area contributed by atoms with Crippen molar-refractivity contribution < 1.29 is 17.9 Å². The van der Waals surface area contributed by atoms with Crippen LogP contribution in [-0.4, -0.2) is 38.4 Å². The minimum Gasteiger partial charge on any atom is -0.466 e. The fraction of sp³-hybridized carbons (Fsp3) is 0.438. The Labute approximate surface area is 131 Å². The number of carbonyl (C=O) groups excluding carboxylic acids is 1. The Balaban J connectivity index is 2.05. The maximum Gasteiger partial charge on any atom is 0.310 e. The molecule has 0 spiro atoms. The molecule has 1 aromatic rings. The average Bonchev–Trinajstić information content (AvgIpc) is 2.54. The molecule has 1 atom stereocenters. The lowest BCUT2D eigenvalue weighted by molar-refractivity contribution is -0.149. The van der Waals surface area contributed by atoms with Gasteiger partial charge in [0.05, 0.1) is 12.5 Å². The molecule has 0 aliphatic carbocycles. The zero-order chi connectivity index (χ0) is 16.0. The molecule has 0 saturated carbocycles. The molecule has 0 aromatic heterocycles. The van der Waals surface area contributed by atoms with Gasteiger partial charge in [-0.15, -0.1) is 0 Å². The third kappa shape index (κ3) is 4.42. The number of ether oxygens (including phenoxy) is 1. The summed E-state index contributed by atoms with van der Waals surface area (Å²) in [6.45, 7) is 2.70. The van der Waals surface area contributed by atoms with Crippen LogP contribution in [0.4, 0.5) is 0 Å². The minimum atomic E-state index is -3.52. The first kappa shape index (κ1) is 16.7. The molecule has 1 fully saturated rings. The van der Waals surface area contributed by atoms with Crippen molar-refractivity contribution in [3.8, 4) is 0 Å². The van der Waals surface area contributed by atoms with Crippen molar-refractivity contribution in [3.63, 3.8) is 0 Å². The number of sulfonamides is 1. The maximum atomic E-state index is 12.4. The van der Waals surface area contributed by atoms with Crippen molar-refractivity contribution in [2.24, 2.45) is 5.92 Å². The number of hydrogen-bond acceptors (Lipinski definition) is 4. The summed E-state index contributed by atoms with van der Waals surface area (Å²) in [4.78, 5) is 11.8. The third-order valence-corrected chi connectivity index (χ3v) is 5.13. The molecule has 0 bridgehead atoms. The SMILES string of the molecule is CCOC(=O)[C@@H]1CCCN(S(=O)(=O)/C=C/c2ccccc2)C1. The van der Waals surface area contributed by atoms with Crippen molar-refractivity contribution in [2.45, 2.75) is 19.8 Å². The van der Waals surface area contributed by atoms with E-state index in [0.29, 0.717) is 26.0 Å². The van der Waals surface area contributed by atoms with E-state index in [1.807, 2.05) is 30.3 Å². The van der Waals surface area contributed by atoms with Crippen LogP contribution in [-0.2, 0) is 19.6 Å². The number of hydrogen-bond donors (Lipinski definition) is 0. The monoisotopic (exact) mass is 323 g/mol. The van der Waals surface area contributed by atoms with Gasteiger partial charge < -0.3 is 4.74 Å². The predicted octanol–water partition coefficient (Wildman–Crippen LogP) is 2.26. The lowest BCUT2D eigenvalue weighted by atomic mass is 10.0. The second-order valence-electron chi connectivity index (χ2n) is 5.21. The van der Waals surface area contributed by atoms with E-state index in [2.05, 4.69) is 0 Å². The number of rotatable bonds is 5. The van der Waals surface area contributed by atoms with E-state index in [4.69, 9.17) is 4.74 Å². The molecular weight excluding hydrogens is 302 g/mol. The summed E-state index contributed by atoms with van der Waals surface area (Å²) < 4.78 is 31.1. The molecule has 1 saturated heterocycles. The Morgan fingerprint density at radius 3 is 2.77 bits per heavy atom. The number of benzene rings is 1. The summed E-state index contributed by atoms with van der Waals surface area (Å²) in [6, 6.07) is 9.25. The van der Waals surface area contributed by atoms with Gasteiger partial charge in [-0.25, -0.2) is 8.42 Å². The second kappa shape index (κ2) is 7.56. The van der Waals surface area contributed by atoms with Gasteiger partial charge in [-0.05, 0) is 31.4 Å². The highest BCUT2D eigenvalue weighted by molar-refractivity contribution is 7.92. The van der Waals surface area contributed by atoms with E-state index in [0.717, 1.165) is 5.56 Å². The van der Waals surface area contributed by atoms with Crippen LogP contribution in [0.25, 0.3) is 6.08 Å². The number of esters is 1. The topological polar surface area (TPSA) is 63.7 Å². The summed E-state index contributed by atoms with van der Waals surface area (Å²) >= 11 is 0. The summed E-state index contributed by atoms with van der Waals surface area (Å²) in [6.07, 6.45) is 2.92. The standard InChI is InChI=1S/C16H21NO4S/c1-2-21-16(18)15-9-6-11-17(13-15)22(19,20)12-10-14-7-4-3-5-8-14/h3-5,7-8,10,12,15H,2,6,9,11,13H2,1H3/b12-10+/t15-/m1/s1. The highest BCUT2D eigenvalue weighted by Crippen LogP contribution is 2.21. The van der Waals surface area contributed by atoms with Gasteiger partial charge in [0, 0.05) is 18.5 Å². The summed E-state index contributed by atoms with van der Waals surface area (Å²) in [5, 5.41) is 1.20. The second-order valence-corrected chi connectivity index (χ2v) is 7.03. The first-order chi connectivity index (χ1) is 10.5. The Kier molecular flexibility index (Phi) is 5.74. The lowest BCUT2D eigenvalue weighted by Gasteiger charge is -2.29. The van der Waals surface area contributed by atoms with Crippen LogP contribution in [0, 0.1) is 5.92 Å². The molecule has 1 heterocycles. The van der Waals surface area contributed by atoms with Crippen LogP contribution in [0.1, 0.15) is 25.3 Å². The molecule has 120 valence electrons. The molecule has 0 amide bonds. The molecule has 1 aromatic carbocycles. The Hall–Kier alpha value is -1.66. The van der Waals surface area contributed by atoms with Crippen LogP contribution in [0.15, 0.2) is 35.7 Å². The van der Waals surface area contributed by atoms with Crippen molar-refractivity contribution in [1.29, 1.82) is 0 Å². The smallest absolute Gasteiger partial charge is 0.310 e. The molecule has 22 heavy (non-hydrogen) atoms. The maximum absolute atomic E-state index is 12.4. The highest BCUT2D eigenvalue weighted by atomic mass is 32.2. The summed E-state index contributed by atoms with van der Waals surface area (Å²) in [7, 11) is -3.52. The summed E-state index contributed by atoms with van der Waals surface area (Å²) in [5.41, 5.74) is 0.824. The zero-order valence-electron chi connectivity index (χ0n) is 12.6. The number of nitrogens with zero attached hydrogens (tertiary/aromatic N) is 1. The quantitative estimate of drug-likeness (QED) is 0.780. The highest BCUT2D eigenvalue weighted by Gasteiger charge is 2.31. The molecule has 0 N–H and O–H groups in total. The van der Waals surface area contributed by atoms with Crippen molar-refractivity contribution in [3.05, 3.63) is 41.3 Å².